The first-order valence-corrected chi connectivity index (χ1v) is 6.65. The molecule has 1 N–H and O–H groups in total. The summed E-state index contributed by atoms with van der Waals surface area (Å²) in [5, 5.41) is 10.3. The molecule has 4 heteroatoms. The molecule has 0 aromatic heterocycles. The van der Waals surface area contributed by atoms with E-state index in [-0.39, 0.29) is 11.7 Å². The topological polar surface area (TPSA) is 40.5 Å². The summed E-state index contributed by atoms with van der Waals surface area (Å²) in [4.78, 5) is 13.8. The Morgan fingerprint density at radius 2 is 2.05 bits per heavy atom. The molecule has 0 atom stereocenters. The Kier molecular flexibility index (Phi) is 3.90. The van der Waals surface area contributed by atoms with Crippen LogP contribution in [-0.4, -0.2) is 35.1 Å². The zero-order valence-electron chi connectivity index (χ0n) is 11.4. The summed E-state index contributed by atoms with van der Waals surface area (Å²) in [7, 11) is 1.68. The number of rotatable bonds is 3. The van der Waals surface area contributed by atoms with E-state index in [1.165, 1.54) is 17.0 Å². The van der Waals surface area contributed by atoms with E-state index in [1.54, 1.807) is 20.0 Å². The van der Waals surface area contributed by atoms with Crippen LogP contribution in [0.2, 0.25) is 0 Å². The van der Waals surface area contributed by atoms with E-state index in [4.69, 9.17) is 0 Å². The van der Waals surface area contributed by atoms with Crippen LogP contribution in [0.1, 0.15) is 41.6 Å². The highest BCUT2D eigenvalue weighted by Crippen LogP contribution is 2.30. The van der Waals surface area contributed by atoms with Gasteiger partial charge in [0.25, 0.3) is 5.91 Å². The summed E-state index contributed by atoms with van der Waals surface area (Å²) in [6, 6.07) is 4.34. The Hall–Kier alpha value is -1.42. The molecule has 2 rings (SSSR count). The molecule has 1 aliphatic rings. The second-order valence-corrected chi connectivity index (χ2v) is 5.56. The van der Waals surface area contributed by atoms with Gasteiger partial charge in [-0.3, -0.25) is 4.79 Å². The van der Waals surface area contributed by atoms with Crippen LogP contribution in [0.25, 0.3) is 0 Å². The number of aliphatic hydroxyl groups is 1. The average Bonchev–Trinajstić information content (AvgIpc) is 2.78. The van der Waals surface area contributed by atoms with Gasteiger partial charge in [0.15, 0.2) is 0 Å². The molecule has 0 saturated heterocycles. The Balaban J connectivity index is 2.08. The molecule has 1 aromatic rings. The highest BCUT2D eigenvalue weighted by molar-refractivity contribution is 5.94. The van der Waals surface area contributed by atoms with Crippen LogP contribution < -0.4 is 0 Å². The lowest BCUT2D eigenvalue weighted by molar-refractivity contribution is 0.0157. The third kappa shape index (κ3) is 3.13. The van der Waals surface area contributed by atoms with Gasteiger partial charge in [0.1, 0.15) is 5.82 Å². The highest BCUT2D eigenvalue weighted by Gasteiger charge is 2.33. The predicted octanol–water partition coefficient (Wildman–Crippen LogP) is 2.51. The zero-order valence-corrected chi connectivity index (χ0v) is 11.4. The number of hydrogen-bond donors (Lipinski definition) is 1. The second kappa shape index (κ2) is 5.29. The van der Waals surface area contributed by atoms with E-state index in [1.807, 2.05) is 0 Å². The molecule has 0 bridgehead atoms. The summed E-state index contributed by atoms with van der Waals surface area (Å²) in [5.41, 5.74) is 0.168. The first-order valence-electron chi connectivity index (χ1n) is 6.65. The number of aryl methyl sites for hydroxylation is 1. The van der Waals surface area contributed by atoms with Gasteiger partial charge in [-0.1, -0.05) is 12.8 Å². The number of halogens is 1. The van der Waals surface area contributed by atoms with Crippen LogP contribution in [0, 0.1) is 12.7 Å². The molecule has 19 heavy (non-hydrogen) atoms. The third-order valence-corrected chi connectivity index (χ3v) is 3.82. The van der Waals surface area contributed by atoms with Crippen molar-refractivity contribution in [2.24, 2.45) is 0 Å². The van der Waals surface area contributed by atoms with Gasteiger partial charge in [-0.2, -0.15) is 0 Å². The summed E-state index contributed by atoms with van der Waals surface area (Å²) >= 11 is 0. The number of carbonyl (C=O) groups is 1. The normalized spacial score (nSPS) is 17.5. The molecule has 104 valence electrons. The van der Waals surface area contributed by atoms with Crippen molar-refractivity contribution < 1.29 is 14.3 Å². The fourth-order valence-electron chi connectivity index (χ4n) is 2.70. The molecule has 0 spiro atoms. The molecule has 1 amide bonds. The van der Waals surface area contributed by atoms with Gasteiger partial charge in [0.05, 0.1) is 5.60 Å². The number of nitrogens with zero attached hydrogens (tertiary/aromatic N) is 1. The largest absolute Gasteiger partial charge is 0.388 e. The molecule has 1 saturated carbocycles. The van der Waals surface area contributed by atoms with Crippen LogP contribution in [-0.2, 0) is 0 Å². The summed E-state index contributed by atoms with van der Waals surface area (Å²) < 4.78 is 13.2. The summed E-state index contributed by atoms with van der Waals surface area (Å²) in [6.45, 7) is 1.97. The van der Waals surface area contributed by atoms with Gasteiger partial charge in [-0.05, 0) is 43.5 Å². The van der Waals surface area contributed by atoms with Gasteiger partial charge in [-0.15, -0.1) is 0 Å². The van der Waals surface area contributed by atoms with Gasteiger partial charge >= 0.3 is 0 Å². The Morgan fingerprint density at radius 1 is 1.42 bits per heavy atom. The molecule has 1 aromatic carbocycles. The molecule has 3 nitrogen and oxygen atoms in total. The Labute approximate surface area is 113 Å². The highest BCUT2D eigenvalue weighted by atomic mass is 19.1. The predicted molar refractivity (Wildman–Crippen MR) is 71.5 cm³/mol. The smallest absolute Gasteiger partial charge is 0.253 e. The lowest BCUT2D eigenvalue weighted by Gasteiger charge is -2.28. The maximum Gasteiger partial charge on any atom is 0.253 e. The minimum atomic E-state index is -0.751. The third-order valence-electron chi connectivity index (χ3n) is 3.82. The van der Waals surface area contributed by atoms with Crippen molar-refractivity contribution >= 4 is 5.91 Å². The van der Waals surface area contributed by atoms with Crippen LogP contribution in [0.15, 0.2) is 18.2 Å². The van der Waals surface area contributed by atoms with Crippen LogP contribution in [0.4, 0.5) is 4.39 Å². The zero-order chi connectivity index (χ0) is 14.0. The molecule has 0 heterocycles. The number of hydrogen-bond acceptors (Lipinski definition) is 2. The Morgan fingerprint density at radius 3 is 2.63 bits per heavy atom. The molecule has 1 aliphatic carbocycles. The van der Waals surface area contributed by atoms with Crippen molar-refractivity contribution in [1.82, 2.24) is 4.90 Å². The van der Waals surface area contributed by atoms with Gasteiger partial charge in [0, 0.05) is 19.2 Å². The quantitative estimate of drug-likeness (QED) is 0.912. The SMILES string of the molecule is Cc1cc(C(=O)N(C)CC2(O)CCCC2)ccc1F. The molecule has 0 unspecified atom stereocenters. The van der Waals surface area contributed by atoms with Crippen molar-refractivity contribution in [3.05, 3.63) is 35.1 Å². The number of carbonyl (C=O) groups excluding carboxylic acids is 1. The van der Waals surface area contributed by atoms with E-state index in [9.17, 15) is 14.3 Å². The summed E-state index contributed by atoms with van der Waals surface area (Å²) in [5.74, 6) is -0.489. The van der Waals surface area contributed by atoms with Crippen molar-refractivity contribution in [3.8, 4) is 0 Å². The van der Waals surface area contributed by atoms with Gasteiger partial charge in [-0.25, -0.2) is 4.39 Å². The second-order valence-electron chi connectivity index (χ2n) is 5.56. The number of likely N-dealkylation sites (N-methyl/N-ethyl adjacent to an activating group) is 1. The first-order chi connectivity index (χ1) is 8.91. The van der Waals surface area contributed by atoms with Crippen molar-refractivity contribution in [1.29, 1.82) is 0 Å². The molecule has 1 fully saturated rings. The van der Waals surface area contributed by atoms with Crippen molar-refractivity contribution in [2.45, 2.75) is 38.2 Å². The molecule has 0 aliphatic heterocycles. The molecular formula is C15H20FNO2. The number of benzene rings is 1. The minimum absolute atomic E-state index is 0.177. The van der Waals surface area contributed by atoms with E-state index in [0.717, 1.165) is 25.7 Å². The minimum Gasteiger partial charge on any atom is -0.388 e. The van der Waals surface area contributed by atoms with E-state index < -0.39 is 5.60 Å². The lowest BCUT2D eigenvalue weighted by atomic mass is 10.0. The first kappa shape index (κ1) is 14.0. The van der Waals surface area contributed by atoms with Crippen LogP contribution in [0.3, 0.4) is 0 Å². The van der Waals surface area contributed by atoms with Crippen LogP contribution in [0.5, 0.6) is 0 Å². The maximum absolute atomic E-state index is 13.2. The van der Waals surface area contributed by atoms with Crippen molar-refractivity contribution in [2.75, 3.05) is 13.6 Å². The molecular weight excluding hydrogens is 245 g/mol. The van der Waals surface area contributed by atoms with E-state index in [2.05, 4.69) is 0 Å². The van der Waals surface area contributed by atoms with Crippen molar-refractivity contribution in [3.63, 3.8) is 0 Å². The molecule has 0 radical (unpaired) electrons. The maximum atomic E-state index is 13.2. The Bertz CT molecular complexity index is 481. The monoisotopic (exact) mass is 265 g/mol. The van der Waals surface area contributed by atoms with E-state index >= 15 is 0 Å². The van der Waals surface area contributed by atoms with Gasteiger partial charge in [0.2, 0.25) is 0 Å². The summed E-state index contributed by atoms with van der Waals surface area (Å²) in [6.07, 6.45) is 3.50. The number of amides is 1. The fraction of sp³-hybridized carbons (Fsp3) is 0.533. The van der Waals surface area contributed by atoms with E-state index in [0.29, 0.717) is 17.7 Å². The van der Waals surface area contributed by atoms with Crippen LogP contribution >= 0.6 is 0 Å². The average molecular weight is 265 g/mol. The lowest BCUT2D eigenvalue weighted by Crippen LogP contribution is -2.42. The standard InChI is InChI=1S/C15H20FNO2/c1-11-9-12(5-6-13(11)16)14(18)17(2)10-15(19)7-3-4-8-15/h5-6,9,19H,3-4,7-8,10H2,1-2H3. The fourth-order valence-corrected chi connectivity index (χ4v) is 2.70. The van der Waals surface area contributed by atoms with Gasteiger partial charge < -0.3 is 10.0 Å².